The minimum Gasteiger partial charge on any atom is -0.545 e. The maximum atomic E-state index is 10.7. The molecule has 0 aliphatic heterocycles. The molecule has 3 aromatic rings. The molecule has 3 aromatic carbocycles. The second kappa shape index (κ2) is 8.55. The van der Waals surface area contributed by atoms with Crippen molar-refractivity contribution in [2.24, 2.45) is 9.98 Å². The second-order valence-corrected chi connectivity index (χ2v) is 5.85. The minimum absolute atomic E-state index is 0.119. The van der Waals surface area contributed by atoms with E-state index in [1.165, 1.54) is 24.3 Å². The molecular formula is C22H14N2O4-2. The fraction of sp³-hybridized carbons (Fsp3) is 0. The molecule has 6 nitrogen and oxygen atoms in total. The molecule has 0 radical (unpaired) electrons. The van der Waals surface area contributed by atoms with Crippen LogP contribution in [-0.2, 0) is 0 Å². The first-order chi connectivity index (χ1) is 13.5. The number of aromatic carboxylic acids is 2. The van der Waals surface area contributed by atoms with Gasteiger partial charge in [-0.3, -0.25) is 9.98 Å². The summed E-state index contributed by atoms with van der Waals surface area (Å²) < 4.78 is 0. The number of hydrogen-bond acceptors (Lipinski definition) is 6. The van der Waals surface area contributed by atoms with E-state index in [0.717, 1.165) is 22.5 Å². The predicted molar refractivity (Wildman–Crippen MR) is 102 cm³/mol. The van der Waals surface area contributed by atoms with Gasteiger partial charge in [-0.25, -0.2) is 0 Å². The molecule has 0 bridgehead atoms. The van der Waals surface area contributed by atoms with Gasteiger partial charge in [-0.05, 0) is 46.5 Å². The molecule has 0 aliphatic rings. The molecule has 28 heavy (non-hydrogen) atoms. The molecule has 0 spiro atoms. The zero-order chi connectivity index (χ0) is 19.9. The number of rotatable bonds is 6. The highest BCUT2D eigenvalue weighted by atomic mass is 16.4. The Morgan fingerprint density at radius 1 is 0.571 bits per heavy atom. The summed E-state index contributed by atoms with van der Waals surface area (Å²) in [5.74, 6) is -2.43. The molecule has 138 valence electrons. The SMILES string of the molecule is O=C([O-])c1ccc(C=Nc2ccc(N=Cc3ccc(C(=O)[O-])cc3)cc2)cc1. The van der Waals surface area contributed by atoms with Gasteiger partial charge in [0.1, 0.15) is 0 Å². The molecule has 0 heterocycles. The number of aliphatic imine (C=N–C) groups is 2. The lowest BCUT2D eigenvalue weighted by Gasteiger charge is -2.02. The third-order valence-corrected chi connectivity index (χ3v) is 3.87. The first kappa shape index (κ1) is 18.7. The van der Waals surface area contributed by atoms with Gasteiger partial charge in [0.05, 0.1) is 23.3 Å². The van der Waals surface area contributed by atoms with E-state index < -0.39 is 11.9 Å². The van der Waals surface area contributed by atoms with Crippen LogP contribution in [-0.4, -0.2) is 24.4 Å². The standard InChI is InChI=1S/C22H16N2O4/c25-21(26)17-5-1-15(2-6-17)13-23-19-9-11-20(12-10-19)24-14-16-3-7-18(8-4-16)22(27)28/h1-14H,(H,25,26)(H,27,28)/p-2. The van der Waals surface area contributed by atoms with Crippen LogP contribution in [0.2, 0.25) is 0 Å². The number of carbonyl (C=O) groups is 2. The first-order valence-corrected chi connectivity index (χ1v) is 8.32. The van der Waals surface area contributed by atoms with Gasteiger partial charge >= 0.3 is 0 Å². The smallest absolute Gasteiger partial charge is 0.0715 e. The average molecular weight is 370 g/mol. The summed E-state index contributed by atoms with van der Waals surface area (Å²) in [6.45, 7) is 0. The zero-order valence-electron chi connectivity index (χ0n) is 14.6. The topological polar surface area (TPSA) is 105 Å². The van der Waals surface area contributed by atoms with Crippen molar-refractivity contribution in [1.29, 1.82) is 0 Å². The van der Waals surface area contributed by atoms with Gasteiger partial charge in [0.2, 0.25) is 0 Å². The summed E-state index contributed by atoms with van der Waals surface area (Å²) >= 11 is 0. The van der Waals surface area contributed by atoms with Crippen molar-refractivity contribution in [3.05, 3.63) is 95.1 Å². The third-order valence-electron chi connectivity index (χ3n) is 3.87. The zero-order valence-corrected chi connectivity index (χ0v) is 14.6. The van der Waals surface area contributed by atoms with E-state index in [1.807, 2.05) is 0 Å². The lowest BCUT2D eigenvalue weighted by atomic mass is 10.1. The van der Waals surface area contributed by atoms with Crippen LogP contribution in [0, 0.1) is 0 Å². The van der Waals surface area contributed by atoms with E-state index in [-0.39, 0.29) is 11.1 Å². The van der Waals surface area contributed by atoms with E-state index >= 15 is 0 Å². The lowest BCUT2D eigenvalue weighted by molar-refractivity contribution is -0.256. The second-order valence-electron chi connectivity index (χ2n) is 5.85. The molecule has 0 N–H and O–H groups in total. The predicted octanol–water partition coefficient (Wildman–Crippen LogP) is 1.91. The summed E-state index contributed by atoms with van der Waals surface area (Å²) in [7, 11) is 0. The number of carbonyl (C=O) groups excluding carboxylic acids is 2. The van der Waals surface area contributed by atoms with E-state index in [1.54, 1.807) is 61.0 Å². The van der Waals surface area contributed by atoms with Crippen molar-refractivity contribution in [2.45, 2.75) is 0 Å². The van der Waals surface area contributed by atoms with Gasteiger partial charge in [-0.1, -0.05) is 48.5 Å². The Morgan fingerprint density at radius 2 is 0.893 bits per heavy atom. The third kappa shape index (κ3) is 4.98. The van der Waals surface area contributed by atoms with Gasteiger partial charge in [0.15, 0.2) is 0 Å². The molecule has 0 aliphatic carbocycles. The molecule has 0 aromatic heterocycles. The maximum absolute atomic E-state index is 10.7. The van der Waals surface area contributed by atoms with E-state index in [4.69, 9.17) is 0 Å². The summed E-state index contributed by atoms with van der Waals surface area (Å²) in [6.07, 6.45) is 3.27. The van der Waals surface area contributed by atoms with Gasteiger partial charge in [0.25, 0.3) is 0 Å². The van der Waals surface area contributed by atoms with Crippen molar-refractivity contribution in [2.75, 3.05) is 0 Å². The Balaban J connectivity index is 1.64. The molecular weight excluding hydrogens is 356 g/mol. The highest BCUT2D eigenvalue weighted by Crippen LogP contribution is 2.19. The number of carboxylic acids is 2. The Hall–Kier alpha value is -4.06. The van der Waals surface area contributed by atoms with Crippen molar-refractivity contribution < 1.29 is 19.8 Å². The highest BCUT2D eigenvalue weighted by Gasteiger charge is 1.95. The average Bonchev–Trinajstić information content (AvgIpc) is 2.72. The van der Waals surface area contributed by atoms with E-state index in [0.29, 0.717) is 0 Å². The van der Waals surface area contributed by atoms with Crippen LogP contribution in [0.3, 0.4) is 0 Å². The largest absolute Gasteiger partial charge is 0.545 e. The number of hydrogen-bond donors (Lipinski definition) is 0. The van der Waals surface area contributed by atoms with Gasteiger partial charge in [0, 0.05) is 12.4 Å². The summed E-state index contributed by atoms with van der Waals surface area (Å²) in [4.78, 5) is 30.1. The molecule has 0 saturated heterocycles. The van der Waals surface area contributed by atoms with Crippen molar-refractivity contribution in [1.82, 2.24) is 0 Å². The minimum atomic E-state index is -1.21. The highest BCUT2D eigenvalue weighted by molar-refractivity contribution is 5.89. The van der Waals surface area contributed by atoms with Crippen molar-refractivity contribution in [3.8, 4) is 0 Å². The molecule has 0 saturated carbocycles. The van der Waals surface area contributed by atoms with Crippen LogP contribution < -0.4 is 10.2 Å². The monoisotopic (exact) mass is 370 g/mol. The van der Waals surface area contributed by atoms with Crippen LogP contribution in [0.1, 0.15) is 31.8 Å². The van der Waals surface area contributed by atoms with Crippen molar-refractivity contribution in [3.63, 3.8) is 0 Å². The lowest BCUT2D eigenvalue weighted by Crippen LogP contribution is -2.21. The molecule has 0 fully saturated rings. The van der Waals surface area contributed by atoms with Crippen LogP contribution >= 0.6 is 0 Å². The van der Waals surface area contributed by atoms with Crippen LogP contribution in [0.4, 0.5) is 11.4 Å². The molecule has 0 amide bonds. The van der Waals surface area contributed by atoms with Crippen LogP contribution in [0.5, 0.6) is 0 Å². The quantitative estimate of drug-likeness (QED) is 0.618. The Bertz CT molecular complexity index is 949. The van der Waals surface area contributed by atoms with Gasteiger partial charge in [-0.2, -0.15) is 0 Å². The normalized spacial score (nSPS) is 11.1. The van der Waals surface area contributed by atoms with Crippen LogP contribution in [0.25, 0.3) is 0 Å². The molecule has 6 heteroatoms. The van der Waals surface area contributed by atoms with Gasteiger partial charge < -0.3 is 19.8 Å². The number of carboxylic acid groups (broad SMARTS) is 2. The van der Waals surface area contributed by atoms with Gasteiger partial charge in [-0.15, -0.1) is 0 Å². The fourth-order valence-electron chi connectivity index (χ4n) is 2.33. The summed E-state index contributed by atoms with van der Waals surface area (Å²) in [6, 6.07) is 19.7. The summed E-state index contributed by atoms with van der Waals surface area (Å²) in [5, 5.41) is 21.5. The Labute approximate surface area is 161 Å². The maximum Gasteiger partial charge on any atom is 0.0715 e. The molecule has 0 unspecified atom stereocenters. The number of benzene rings is 3. The Kier molecular flexibility index (Phi) is 5.72. The molecule has 3 rings (SSSR count). The van der Waals surface area contributed by atoms with E-state index in [9.17, 15) is 19.8 Å². The Morgan fingerprint density at radius 3 is 1.18 bits per heavy atom. The fourth-order valence-corrected chi connectivity index (χ4v) is 2.33. The number of nitrogens with zero attached hydrogens (tertiary/aromatic N) is 2. The summed E-state index contributed by atoms with van der Waals surface area (Å²) in [5.41, 5.74) is 3.23. The first-order valence-electron chi connectivity index (χ1n) is 8.32. The molecule has 0 atom stereocenters. The van der Waals surface area contributed by atoms with Crippen LogP contribution in [0.15, 0.2) is 82.8 Å². The van der Waals surface area contributed by atoms with E-state index in [2.05, 4.69) is 9.98 Å². The van der Waals surface area contributed by atoms with Crippen molar-refractivity contribution >= 4 is 35.7 Å².